The predicted molar refractivity (Wildman–Crippen MR) is 108 cm³/mol. The number of halogens is 1. The van der Waals surface area contributed by atoms with Crippen molar-refractivity contribution >= 4 is 33.2 Å². The van der Waals surface area contributed by atoms with Crippen molar-refractivity contribution in [2.75, 3.05) is 18.4 Å². The Hall–Kier alpha value is -2.40. The first kappa shape index (κ1) is 20.3. The van der Waals surface area contributed by atoms with E-state index in [-0.39, 0.29) is 15.5 Å². The molecule has 3 rings (SSSR count). The first-order chi connectivity index (χ1) is 13.3. The number of nitriles is 1. The number of piperidine rings is 1. The van der Waals surface area contributed by atoms with Gasteiger partial charge in [0.15, 0.2) is 0 Å². The van der Waals surface area contributed by atoms with Gasteiger partial charge >= 0.3 is 0 Å². The summed E-state index contributed by atoms with van der Waals surface area (Å²) in [6.07, 6.45) is 2.72. The molecule has 28 heavy (non-hydrogen) atoms. The summed E-state index contributed by atoms with van der Waals surface area (Å²) >= 11 is 6.00. The molecule has 6 nitrogen and oxygen atoms in total. The number of carbonyl (C=O) groups excluding carboxylic acids is 1. The van der Waals surface area contributed by atoms with E-state index < -0.39 is 15.9 Å². The fraction of sp³-hybridized carbons (Fsp3) is 0.300. The van der Waals surface area contributed by atoms with Crippen molar-refractivity contribution in [3.8, 4) is 6.07 Å². The van der Waals surface area contributed by atoms with Gasteiger partial charge in [0.1, 0.15) is 6.07 Å². The number of sulfonamides is 1. The Morgan fingerprint density at radius 1 is 1.14 bits per heavy atom. The summed E-state index contributed by atoms with van der Waals surface area (Å²) in [6.45, 7) is 2.75. The molecule has 1 saturated heterocycles. The van der Waals surface area contributed by atoms with Gasteiger partial charge in [0, 0.05) is 24.3 Å². The molecule has 0 atom stereocenters. The van der Waals surface area contributed by atoms with E-state index in [0.717, 1.165) is 19.3 Å². The van der Waals surface area contributed by atoms with E-state index in [1.807, 2.05) is 6.07 Å². The smallest absolute Gasteiger partial charge is 0.255 e. The molecular weight excluding hydrogens is 398 g/mol. The van der Waals surface area contributed by atoms with Crippen molar-refractivity contribution in [2.45, 2.75) is 31.1 Å². The second-order valence-corrected chi connectivity index (χ2v) is 9.05. The van der Waals surface area contributed by atoms with Crippen LogP contribution in [0.25, 0.3) is 0 Å². The first-order valence-corrected chi connectivity index (χ1v) is 10.8. The second-order valence-electron chi connectivity index (χ2n) is 6.70. The Labute approximate surface area is 169 Å². The quantitative estimate of drug-likeness (QED) is 0.815. The summed E-state index contributed by atoms with van der Waals surface area (Å²) < 4.78 is 27.3. The average molecular weight is 418 g/mol. The Bertz CT molecular complexity index is 1050. The monoisotopic (exact) mass is 417 g/mol. The van der Waals surface area contributed by atoms with Crippen molar-refractivity contribution in [2.24, 2.45) is 0 Å². The molecule has 1 amide bonds. The maximum atomic E-state index is 12.9. The summed E-state index contributed by atoms with van der Waals surface area (Å²) in [5, 5.41) is 11.9. The first-order valence-electron chi connectivity index (χ1n) is 8.95. The van der Waals surface area contributed by atoms with Crippen LogP contribution in [-0.4, -0.2) is 31.7 Å². The summed E-state index contributed by atoms with van der Waals surface area (Å²) in [5.41, 5.74) is 1.68. The van der Waals surface area contributed by atoms with Gasteiger partial charge in [0.05, 0.1) is 15.5 Å². The maximum absolute atomic E-state index is 12.9. The number of rotatable bonds is 4. The third-order valence-corrected chi connectivity index (χ3v) is 6.96. The van der Waals surface area contributed by atoms with Gasteiger partial charge in [-0.3, -0.25) is 4.79 Å². The van der Waals surface area contributed by atoms with Crippen LogP contribution in [0.5, 0.6) is 0 Å². The molecule has 1 aliphatic rings. The zero-order chi connectivity index (χ0) is 20.3. The summed E-state index contributed by atoms with van der Waals surface area (Å²) in [5.74, 6) is -0.436. The second kappa shape index (κ2) is 8.31. The van der Waals surface area contributed by atoms with Gasteiger partial charge in [-0.25, -0.2) is 8.42 Å². The lowest BCUT2D eigenvalue weighted by molar-refractivity contribution is 0.102. The van der Waals surface area contributed by atoms with Crippen molar-refractivity contribution in [1.29, 1.82) is 5.26 Å². The van der Waals surface area contributed by atoms with E-state index in [2.05, 4.69) is 5.32 Å². The molecule has 0 saturated carbocycles. The number of aryl methyl sites for hydroxylation is 1. The number of anilines is 1. The third kappa shape index (κ3) is 4.20. The van der Waals surface area contributed by atoms with Gasteiger partial charge in [-0.05, 0) is 55.7 Å². The van der Waals surface area contributed by atoms with E-state index >= 15 is 0 Å². The SMILES string of the molecule is Cc1ccc(S(=O)(=O)N2CCCCC2)cc1C(=O)Nc1ccc(C#N)c(Cl)c1. The lowest BCUT2D eigenvalue weighted by Gasteiger charge is -2.26. The van der Waals surface area contributed by atoms with E-state index in [1.54, 1.807) is 19.1 Å². The van der Waals surface area contributed by atoms with Crippen LogP contribution in [-0.2, 0) is 10.0 Å². The highest BCUT2D eigenvalue weighted by Crippen LogP contribution is 2.24. The molecule has 1 N–H and O–H groups in total. The van der Waals surface area contributed by atoms with Crippen LogP contribution < -0.4 is 5.32 Å². The molecule has 1 aliphatic heterocycles. The van der Waals surface area contributed by atoms with Gasteiger partial charge in [-0.15, -0.1) is 0 Å². The highest BCUT2D eigenvalue weighted by Gasteiger charge is 2.27. The molecule has 0 bridgehead atoms. The van der Waals surface area contributed by atoms with Crippen LogP contribution in [0.1, 0.15) is 40.7 Å². The number of hydrogen-bond acceptors (Lipinski definition) is 4. The minimum atomic E-state index is -3.63. The van der Waals surface area contributed by atoms with E-state index in [0.29, 0.717) is 29.9 Å². The molecule has 8 heteroatoms. The van der Waals surface area contributed by atoms with E-state index in [9.17, 15) is 13.2 Å². The standard InChI is InChI=1S/C20H20ClN3O3S/c1-14-5-8-17(28(26,27)24-9-3-2-4-10-24)12-18(14)20(25)23-16-7-6-15(13-22)19(21)11-16/h5-8,11-12H,2-4,9-10H2,1H3,(H,23,25). The highest BCUT2D eigenvalue weighted by molar-refractivity contribution is 7.89. The number of hydrogen-bond donors (Lipinski definition) is 1. The average Bonchev–Trinajstić information content (AvgIpc) is 2.69. The Morgan fingerprint density at radius 2 is 1.86 bits per heavy atom. The van der Waals surface area contributed by atoms with Crippen LogP contribution in [0.4, 0.5) is 5.69 Å². The van der Waals surface area contributed by atoms with Crippen LogP contribution in [0.2, 0.25) is 5.02 Å². The van der Waals surface area contributed by atoms with Crippen molar-refractivity contribution in [3.63, 3.8) is 0 Å². The van der Waals surface area contributed by atoms with Gasteiger partial charge in [0.25, 0.3) is 5.91 Å². The van der Waals surface area contributed by atoms with Crippen molar-refractivity contribution in [1.82, 2.24) is 4.31 Å². The van der Waals surface area contributed by atoms with Gasteiger partial charge in [-0.2, -0.15) is 9.57 Å². The van der Waals surface area contributed by atoms with Gasteiger partial charge in [0.2, 0.25) is 10.0 Å². The maximum Gasteiger partial charge on any atom is 0.255 e. The number of amides is 1. The number of carbonyl (C=O) groups is 1. The molecule has 1 heterocycles. The molecule has 0 unspecified atom stereocenters. The topological polar surface area (TPSA) is 90.3 Å². The number of nitrogens with one attached hydrogen (secondary N) is 1. The fourth-order valence-corrected chi connectivity index (χ4v) is 4.91. The number of benzene rings is 2. The van der Waals surface area contributed by atoms with Crippen LogP contribution in [0, 0.1) is 18.3 Å². The molecule has 0 aliphatic carbocycles. The van der Waals surface area contributed by atoms with Crippen LogP contribution in [0.15, 0.2) is 41.3 Å². The van der Waals surface area contributed by atoms with E-state index in [1.165, 1.54) is 28.6 Å². The fourth-order valence-electron chi connectivity index (χ4n) is 3.14. The third-order valence-electron chi connectivity index (χ3n) is 4.75. The molecular formula is C20H20ClN3O3S. The molecule has 0 radical (unpaired) electrons. The number of nitrogens with zero attached hydrogens (tertiary/aromatic N) is 2. The zero-order valence-electron chi connectivity index (χ0n) is 15.4. The molecule has 146 valence electrons. The van der Waals surface area contributed by atoms with Crippen LogP contribution in [0.3, 0.4) is 0 Å². The lowest BCUT2D eigenvalue weighted by Crippen LogP contribution is -2.35. The largest absolute Gasteiger partial charge is 0.322 e. The predicted octanol–water partition coefficient (Wildman–Crippen LogP) is 3.95. The molecule has 2 aromatic rings. The molecule has 1 fully saturated rings. The highest BCUT2D eigenvalue weighted by atomic mass is 35.5. The van der Waals surface area contributed by atoms with Gasteiger partial charge in [-0.1, -0.05) is 24.1 Å². The summed E-state index contributed by atoms with van der Waals surface area (Å²) in [6, 6.07) is 11.1. The Morgan fingerprint density at radius 3 is 2.50 bits per heavy atom. The van der Waals surface area contributed by atoms with Gasteiger partial charge < -0.3 is 5.32 Å². The molecule has 0 spiro atoms. The van der Waals surface area contributed by atoms with E-state index in [4.69, 9.17) is 16.9 Å². The minimum absolute atomic E-state index is 0.114. The zero-order valence-corrected chi connectivity index (χ0v) is 17.0. The summed E-state index contributed by atoms with van der Waals surface area (Å²) in [7, 11) is -3.63. The lowest BCUT2D eigenvalue weighted by atomic mass is 10.1. The Balaban J connectivity index is 1.88. The summed E-state index contributed by atoms with van der Waals surface area (Å²) in [4.78, 5) is 12.8. The van der Waals surface area contributed by atoms with Crippen LogP contribution >= 0.6 is 11.6 Å². The van der Waals surface area contributed by atoms with Crippen molar-refractivity contribution < 1.29 is 13.2 Å². The normalized spacial score (nSPS) is 15.0. The Kier molecular flexibility index (Phi) is 6.04. The van der Waals surface area contributed by atoms with Crippen molar-refractivity contribution in [3.05, 3.63) is 58.1 Å². The molecule has 0 aromatic heterocycles. The minimum Gasteiger partial charge on any atom is -0.322 e. The molecule has 2 aromatic carbocycles.